The summed E-state index contributed by atoms with van der Waals surface area (Å²) in [5, 5.41) is 12.5. The van der Waals surface area contributed by atoms with Crippen LogP contribution in [-0.4, -0.2) is 17.6 Å². The summed E-state index contributed by atoms with van der Waals surface area (Å²) in [6, 6.07) is 12.8. The quantitative estimate of drug-likeness (QED) is 0.745. The van der Waals surface area contributed by atoms with Gasteiger partial charge in [0, 0.05) is 22.8 Å². The first-order valence-corrected chi connectivity index (χ1v) is 8.86. The van der Waals surface area contributed by atoms with Crippen LogP contribution in [0, 0.1) is 18.8 Å². The fourth-order valence-corrected chi connectivity index (χ4v) is 3.54. The average Bonchev–Trinajstić information content (AvgIpc) is 2.95. The first kappa shape index (κ1) is 17.7. The van der Waals surface area contributed by atoms with Crippen LogP contribution in [0.15, 0.2) is 36.4 Å². The Labute approximate surface area is 142 Å². The maximum Gasteiger partial charge on any atom is 0.307 e. The molecule has 0 radical (unpaired) electrons. The number of benzene rings is 1. The van der Waals surface area contributed by atoms with Crippen LogP contribution >= 0.6 is 11.3 Å². The minimum absolute atomic E-state index is 0.313. The van der Waals surface area contributed by atoms with Gasteiger partial charge in [0.25, 0.3) is 0 Å². The molecule has 0 saturated carbocycles. The molecule has 1 atom stereocenters. The van der Waals surface area contributed by atoms with Crippen LogP contribution in [0.3, 0.4) is 0 Å². The molecule has 1 heterocycles. The highest BCUT2D eigenvalue weighted by Gasteiger charge is 2.18. The third-order valence-corrected chi connectivity index (χ3v) is 4.93. The molecule has 1 unspecified atom stereocenters. The molecule has 0 saturated heterocycles. The summed E-state index contributed by atoms with van der Waals surface area (Å²) < 4.78 is 0. The third-order valence-electron chi connectivity index (χ3n) is 3.79. The second-order valence-corrected chi connectivity index (χ2v) is 7.60. The zero-order chi connectivity index (χ0) is 16.8. The monoisotopic (exact) mass is 331 g/mol. The molecule has 1 aromatic heterocycles. The highest BCUT2D eigenvalue weighted by atomic mass is 32.1. The van der Waals surface area contributed by atoms with Crippen LogP contribution in [0.25, 0.3) is 10.4 Å². The van der Waals surface area contributed by atoms with Gasteiger partial charge in [0.15, 0.2) is 0 Å². The SMILES string of the molecule is Cc1ccc(-c2ccc(CNCC(CC(C)C)C(=O)O)s2)cc1. The zero-order valence-corrected chi connectivity index (χ0v) is 14.8. The predicted molar refractivity (Wildman–Crippen MR) is 96.8 cm³/mol. The summed E-state index contributed by atoms with van der Waals surface area (Å²) in [6.07, 6.45) is 0.710. The molecule has 3 nitrogen and oxygen atoms in total. The maximum atomic E-state index is 11.3. The van der Waals surface area contributed by atoms with Crippen molar-refractivity contribution in [1.29, 1.82) is 0 Å². The molecule has 0 bridgehead atoms. The van der Waals surface area contributed by atoms with Gasteiger partial charge in [-0.2, -0.15) is 0 Å². The molecule has 0 aliphatic carbocycles. The van der Waals surface area contributed by atoms with Gasteiger partial charge in [-0.15, -0.1) is 11.3 Å². The Bertz CT molecular complexity index is 631. The minimum atomic E-state index is -0.710. The lowest BCUT2D eigenvalue weighted by atomic mass is 9.97. The smallest absolute Gasteiger partial charge is 0.307 e. The molecule has 0 spiro atoms. The van der Waals surface area contributed by atoms with Crippen molar-refractivity contribution >= 4 is 17.3 Å². The Morgan fingerprint density at radius 2 is 1.87 bits per heavy atom. The highest BCUT2D eigenvalue weighted by Crippen LogP contribution is 2.28. The fourth-order valence-electron chi connectivity index (χ4n) is 2.56. The minimum Gasteiger partial charge on any atom is -0.481 e. The van der Waals surface area contributed by atoms with Gasteiger partial charge in [0.2, 0.25) is 0 Å². The van der Waals surface area contributed by atoms with E-state index in [2.05, 4.69) is 62.5 Å². The van der Waals surface area contributed by atoms with Gasteiger partial charge in [-0.25, -0.2) is 0 Å². The van der Waals surface area contributed by atoms with Gasteiger partial charge in [-0.05, 0) is 37.0 Å². The molecule has 0 fully saturated rings. The normalized spacial score (nSPS) is 12.5. The summed E-state index contributed by atoms with van der Waals surface area (Å²) in [5.41, 5.74) is 2.49. The van der Waals surface area contributed by atoms with Crippen molar-refractivity contribution in [1.82, 2.24) is 5.32 Å². The third kappa shape index (κ3) is 5.48. The molecule has 4 heteroatoms. The van der Waals surface area contributed by atoms with E-state index < -0.39 is 5.97 Å². The number of aryl methyl sites for hydroxylation is 1. The topological polar surface area (TPSA) is 49.3 Å². The van der Waals surface area contributed by atoms with Gasteiger partial charge in [-0.3, -0.25) is 4.79 Å². The summed E-state index contributed by atoms with van der Waals surface area (Å²) in [6.45, 7) is 7.44. The lowest BCUT2D eigenvalue weighted by molar-refractivity contribution is -0.142. The predicted octanol–water partition coefficient (Wildman–Crippen LogP) is 4.56. The number of carboxylic acid groups (broad SMARTS) is 1. The summed E-state index contributed by atoms with van der Waals surface area (Å²) >= 11 is 1.76. The Morgan fingerprint density at radius 1 is 1.17 bits per heavy atom. The standard InChI is InChI=1S/C19H25NO2S/c1-13(2)10-16(19(21)22)11-20-12-17-8-9-18(23-17)15-6-4-14(3)5-7-15/h4-9,13,16,20H,10-12H2,1-3H3,(H,21,22). The van der Waals surface area contributed by atoms with Crippen LogP contribution in [0.4, 0.5) is 0 Å². The number of aliphatic carboxylic acids is 1. The van der Waals surface area contributed by atoms with E-state index in [-0.39, 0.29) is 5.92 Å². The number of carboxylic acids is 1. The molecule has 0 aliphatic rings. The Balaban J connectivity index is 1.89. The number of rotatable bonds is 8. The number of hydrogen-bond donors (Lipinski definition) is 2. The first-order chi connectivity index (χ1) is 11.0. The molecule has 23 heavy (non-hydrogen) atoms. The van der Waals surface area contributed by atoms with Crippen LogP contribution in [0.2, 0.25) is 0 Å². The first-order valence-electron chi connectivity index (χ1n) is 8.05. The van der Waals surface area contributed by atoms with Crippen LogP contribution in [0.5, 0.6) is 0 Å². The zero-order valence-electron chi connectivity index (χ0n) is 14.0. The molecule has 0 aliphatic heterocycles. The van der Waals surface area contributed by atoms with Crippen LogP contribution < -0.4 is 5.32 Å². The summed E-state index contributed by atoms with van der Waals surface area (Å²) in [7, 11) is 0. The van der Waals surface area contributed by atoms with Crippen LogP contribution in [-0.2, 0) is 11.3 Å². The largest absolute Gasteiger partial charge is 0.481 e. The molecule has 1 aromatic carbocycles. The highest BCUT2D eigenvalue weighted by molar-refractivity contribution is 7.15. The van der Waals surface area contributed by atoms with Gasteiger partial charge >= 0.3 is 5.97 Å². The molecular formula is C19H25NO2S. The molecular weight excluding hydrogens is 306 g/mol. The van der Waals surface area contributed by atoms with E-state index in [1.54, 1.807) is 11.3 Å². The Kier molecular flexibility index (Phi) is 6.37. The number of carbonyl (C=O) groups is 1. The van der Waals surface area contributed by atoms with Gasteiger partial charge in [0.05, 0.1) is 5.92 Å². The summed E-state index contributed by atoms with van der Waals surface area (Å²) in [4.78, 5) is 13.7. The van der Waals surface area contributed by atoms with E-state index in [0.29, 0.717) is 18.9 Å². The molecule has 0 amide bonds. The van der Waals surface area contributed by atoms with E-state index in [1.165, 1.54) is 20.9 Å². The van der Waals surface area contributed by atoms with Crippen LogP contribution in [0.1, 0.15) is 30.7 Å². The van der Waals surface area contributed by atoms with Gasteiger partial charge in [-0.1, -0.05) is 43.7 Å². The Hall–Kier alpha value is -1.65. The maximum absolute atomic E-state index is 11.3. The van der Waals surface area contributed by atoms with E-state index in [9.17, 15) is 9.90 Å². The second kappa shape index (κ2) is 8.27. The van der Waals surface area contributed by atoms with Gasteiger partial charge in [0.1, 0.15) is 0 Å². The molecule has 2 N–H and O–H groups in total. The number of hydrogen-bond acceptors (Lipinski definition) is 3. The van der Waals surface area contributed by atoms with E-state index in [0.717, 1.165) is 6.54 Å². The van der Waals surface area contributed by atoms with Crippen molar-refractivity contribution in [3.63, 3.8) is 0 Å². The average molecular weight is 331 g/mol. The van der Waals surface area contributed by atoms with Crippen molar-refractivity contribution in [2.45, 2.75) is 33.7 Å². The summed E-state index contributed by atoms with van der Waals surface area (Å²) in [5.74, 6) is -0.628. The van der Waals surface area contributed by atoms with Crippen molar-refractivity contribution in [3.05, 3.63) is 46.8 Å². The van der Waals surface area contributed by atoms with Crippen molar-refractivity contribution < 1.29 is 9.90 Å². The van der Waals surface area contributed by atoms with E-state index in [1.807, 2.05) is 0 Å². The van der Waals surface area contributed by atoms with Crippen molar-refractivity contribution in [2.75, 3.05) is 6.54 Å². The number of nitrogens with one attached hydrogen (secondary N) is 1. The van der Waals surface area contributed by atoms with Crippen molar-refractivity contribution in [2.24, 2.45) is 11.8 Å². The van der Waals surface area contributed by atoms with Gasteiger partial charge < -0.3 is 10.4 Å². The fraction of sp³-hybridized carbons (Fsp3) is 0.421. The lowest BCUT2D eigenvalue weighted by Gasteiger charge is -2.15. The van der Waals surface area contributed by atoms with E-state index >= 15 is 0 Å². The van der Waals surface area contributed by atoms with Crippen molar-refractivity contribution in [3.8, 4) is 10.4 Å². The molecule has 2 aromatic rings. The Morgan fingerprint density at radius 3 is 2.48 bits per heavy atom. The number of thiophene rings is 1. The molecule has 124 valence electrons. The molecule has 2 rings (SSSR count). The lowest BCUT2D eigenvalue weighted by Crippen LogP contribution is -2.29. The van der Waals surface area contributed by atoms with E-state index in [4.69, 9.17) is 0 Å². The second-order valence-electron chi connectivity index (χ2n) is 6.43.